The molecule has 2 aromatic rings. The number of ether oxygens (including phenoxy) is 1. The van der Waals surface area contributed by atoms with Gasteiger partial charge in [0.1, 0.15) is 0 Å². The Bertz CT molecular complexity index is 810. The minimum atomic E-state index is 0.461. The van der Waals surface area contributed by atoms with E-state index in [2.05, 4.69) is 71.8 Å². The molecule has 7 heteroatoms. The second kappa shape index (κ2) is 12.5. The Morgan fingerprint density at radius 2 is 1.84 bits per heavy atom. The number of morpholine rings is 1. The highest BCUT2D eigenvalue weighted by Gasteiger charge is 2.14. The van der Waals surface area contributed by atoms with Crippen LogP contribution in [-0.2, 0) is 24.4 Å². The van der Waals surface area contributed by atoms with Gasteiger partial charge in [0.15, 0.2) is 11.7 Å². The fraction of sp³-hybridized carbons (Fsp3) is 0.583. The van der Waals surface area contributed by atoms with E-state index in [0.717, 1.165) is 69.6 Å². The molecule has 3 rings (SSSR count). The summed E-state index contributed by atoms with van der Waals surface area (Å²) in [5.74, 6) is 2.08. The Balaban J connectivity index is 1.61. The number of guanidine groups is 1. The number of aliphatic imine (C=N–C) groups is 1. The van der Waals surface area contributed by atoms with E-state index in [1.807, 2.05) is 0 Å². The van der Waals surface area contributed by atoms with Crippen LogP contribution in [0, 0.1) is 0 Å². The summed E-state index contributed by atoms with van der Waals surface area (Å²) in [5.41, 5.74) is 3.62. The second-order valence-electron chi connectivity index (χ2n) is 7.94. The predicted molar refractivity (Wildman–Crippen MR) is 124 cm³/mol. The van der Waals surface area contributed by atoms with Crippen LogP contribution in [0.1, 0.15) is 62.1 Å². The maximum atomic E-state index is 5.53. The molecular formula is C24H37N5O2. The quantitative estimate of drug-likeness (QED) is 0.445. The molecule has 170 valence electrons. The number of hydrogen-bond acceptors (Lipinski definition) is 5. The molecule has 0 bridgehead atoms. The van der Waals surface area contributed by atoms with Gasteiger partial charge in [0.05, 0.1) is 32.0 Å². The van der Waals surface area contributed by atoms with E-state index < -0.39 is 0 Å². The number of rotatable bonds is 10. The van der Waals surface area contributed by atoms with E-state index >= 15 is 0 Å². The molecule has 31 heavy (non-hydrogen) atoms. The van der Waals surface area contributed by atoms with Gasteiger partial charge in [-0.1, -0.05) is 43.3 Å². The Labute approximate surface area is 186 Å². The van der Waals surface area contributed by atoms with Gasteiger partial charge < -0.3 is 19.9 Å². The molecule has 7 nitrogen and oxygen atoms in total. The Kier molecular flexibility index (Phi) is 9.37. The van der Waals surface area contributed by atoms with Crippen LogP contribution >= 0.6 is 0 Å². The van der Waals surface area contributed by atoms with Crippen molar-refractivity contribution < 1.29 is 9.26 Å². The van der Waals surface area contributed by atoms with Gasteiger partial charge in [0.25, 0.3) is 0 Å². The Hall–Kier alpha value is -2.38. The fourth-order valence-corrected chi connectivity index (χ4v) is 3.85. The molecule has 1 fully saturated rings. The lowest BCUT2D eigenvalue weighted by Gasteiger charge is -2.27. The molecule has 1 aliphatic heterocycles. The van der Waals surface area contributed by atoms with Crippen molar-refractivity contribution in [3.63, 3.8) is 0 Å². The van der Waals surface area contributed by atoms with E-state index in [-0.39, 0.29) is 0 Å². The summed E-state index contributed by atoms with van der Waals surface area (Å²) < 4.78 is 11.0. The summed E-state index contributed by atoms with van der Waals surface area (Å²) in [5, 5.41) is 11.0. The second-order valence-corrected chi connectivity index (χ2v) is 7.94. The van der Waals surface area contributed by atoms with E-state index in [0.29, 0.717) is 19.0 Å². The molecule has 0 saturated carbocycles. The molecule has 2 heterocycles. The lowest BCUT2D eigenvalue weighted by molar-refractivity contribution is 0.0341. The first-order valence-electron chi connectivity index (χ1n) is 11.6. The molecule has 1 aliphatic rings. The summed E-state index contributed by atoms with van der Waals surface area (Å²) in [6, 6.07) is 10.6. The highest BCUT2D eigenvalue weighted by atomic mass is 16.5. The van der Waals surface area contributed by atoms with E-state index in [1.54, 1.807) is 0 Å². The maximum absolute atomic E-state index is 5.53. The highest BCUT2D eigenvalue weighted by Crippen LogP contribution is 2.22. The SMILES string of the molecule is CCNC(=NCc1ccccc1CN1CCOCC1)NCc1cc(C(CC)CC)no1. The first-order valence-corrected chi connectivity index (χ1v) is 11.6. The minimum absolute atomic E-state index is 0.461. The van der Waals surface area contributed by atoms with Gasteiger partial charge in [0, 0.05) is 38.2 Å². The van der Waals surface area contributed by atoms with Crippen LogP contribution in [0.3, 0.4) is 0 Å². The van der Waals surface area contributed by atoms with E-state index in [4.69, 9.17) is 14.3 Å². The average molecular weight is 428 g/mol. The topological polar surface area (TPSA) is 74.9 Å². The zero-order valence-electron chi connectivity index (χ0n) is 19.2. The van der Waals surface area contributed by atoms with Gasteiger partial charge in [-0.3, -0.25) is 4.90 Å². The molecule has 0 spiro atoms. The third-order valence-electron chi connectivity index (χ3n) is 5.78. The van der Waals surface area contributed by atoms with Crippen LogP contribution in [0.2, 0.25) is 0 Å². The maximum Gasteiger partial charge on any atom is 0.191 e. The van der Waals surface area contributed by atoms with Gasteiger partial charge in [-0.15, -0.1) is 0 Å². The first kappa shape index (κ1) is 23.3. The highest BCUT2D eigenvalue weighted by molar-refractivity contribution is 5.79. The van der Waals surface area contributed by atoms with E-state index in [1.165, 1.54) is 11.1 Å². The molecule has 0 radical (unpaired) electrons. The first-order chi connectivity index (χ1) is 15.2. The normalized spacial score (nSPS) is 15.4. The summed E-state index contributed by atoms with van der Waals surface area (Å²) in [4.78, 5) is 7.26. The van der Waals surface area contributed by atoms with Crippen LogP contribution < -0.4 is 10.6 Å². The summed E-state index contributed by atoms with van der Waals surface area (Å²) in [6.07, 6.45) is 2.15. The van der Waals surface area contributed by atoms with Crippen molar-refractivity contribution in [1.29, 1.82) is 0 Å². The van der Waals surface area contributed by atoms with Crippen LogP contribution in [0.5, 0.6) is 0 Å². The number of aromatic nitrogens is 1. The molecule has 1 aromatic carbocycles. The van der Waals surface area contributed by atoms with Crippen molar-refractivity contribution in [3.05, 3.63) is 52.9 Å². The van der Waals surface area contributed by atoms with Crippen molar-refractivity contribution >= 4 is 5.96 Å². The molecule has 0 unspecified atom stereocenters. The van der Waals surface area contributed by atoms with Crippen molar-refractivity contribution in [2.75, 3.05) is 32.8 Å². The third kappa shape index (κ3) is 7.08. The Morgan fingerprint density at radius 3 is 2.55 bits per heavy atom. The van der Waals surface area contributed by atoms with Gasteiger partial charge in [-0.05, 0) is 30.9 Å². The van der Waals surface area contributed by atoms with Crippen molar-refractivity contribution in [1.82, 2.24) is 20.7 Å². The molecule has 0 amide bonds. The summed E-state index contributed by atoms with van der Waals surface area (Å²) in [7, 11) is 0. The monoisotopic (exact) mass is 427 g/mol. The lowest BCUT2D eigenvalue weighted by Crippen LogP contribution is -2.37. The molecule has 1 aromatic heterocycles. The average Bonchev–Trinajstić information content (AvgIpc) is 3.27. The number of nitrogens with zero attached hydrogens (tertiary/aromatic N) is 3. The molecule has 0 aliphatic carbocycles. The van der Waals surface area contributed by atoms with Crippen LogP contribution in [0.15, 0.2) is 39.8 Å². The summed E-state index contributed by atoms with van der Waals surface area (Å²) >= 11 is 0. The van der Waals surface area contributed by atoms with Crippen LogP contribution in [-0.4, -0.2) is 48.9 Å². The smallest absolute Gasteiger partial charge is 0.191 e. The lowest BCUT2D eigenvalue weighted by atomic mass is 9.99. The standard InChI is InChI=1S/C24H37N5O2/c1-4-19(5-2)23-15-22(31-28-23)17-27-24(25-6-3)26-16-20-9-7-8-10-21(20)18-29-11-13-30-14-12-29/h7-10,15,19H,4-6,11-14,16-18H2,1-3H3,(H2,25,26,27). The van der Waals surface area contributed by atoms with E-state index in [9.17, 15) is 0 Å². The van der Waals surface area contributed by atoms with Crippen LogP contribution in [0.4, 0.5) is 0 Å². The van der Waals surface area contributed by atoms with Crippen molar-refractivity contribution in [3.8, 4) is 0 Å². The zero-order valence-corrected chi connectivity index (χ0v) is 19.2. The number of nitrogens with one attached hydrogen (secondary N) is 2. The molecule has 2 N–H and O–H groups in total. The van der Waals surface area contributed by atoms with Crippen molar-refractivity contribution in [2.45, 2.75) is 59.2 Å². The zero-order chi connectivity index (χ0) is 21.9. The summed E-state index contributed by atoms with van der Waals surface area (Å²) in [6.45, 7) is 13.0. The number of hydrogen-bond donors (Lipinski definition) is 2. The molecular weight excluding hydrogens is 390 g/mol. The largest absolute Gasteiger partial charge is 0.379 e. The predicted octanol–water partition coefficient (Wildman–Crippen LogP) is 3.67. The van der Waals surface area contributed by atoms with Crippen molar-refractivity contribution in [2.24, 2.45) is 4.99 Å². The van der Waals surface area contributed by atoms with Gasteiger partial charge in [-0.25, -0.2) is 4.99 Å². The fourth-order valence-electron chi connectivity index (χ4n) is 3.85. The van der Waals surface area contributed by atoms with Gasteiger partial charge in [0.2, 0.25) is 0 Å². The van der Waals surface area contributed by atoms with Gasteiger partial charge >= 0.3 is 0 Å². The number of benzene rings is 1. The molecule has 0 atom stereocenters. The van der Waals surface area contributed by atoms with Gasteiger partial charge in [-0.2, -0.15) is 0 Å². The Morgan fingerprint density at radius 1 is 1.10 bits per heavy atom. The van der Waals surface area contributed by atoms with Crippen LogP contribution in [0.25, 0.3) is 0 Å². The minimum Gasteiger partial charge on any atom is -0.379 e. The molecule has 1 saturated heterocycles. The third-order valence-corrected chi connectivity index (χ3v) is 5.78.